The maximum Gasteiger partial charge on any atom is 0.328 e. The molecule has 1 aliphatic rings. The fourth-order valence-corrected chi connectivity index (χ4v) is 2.23. The third-order valence-corrected chi connectivity index (χ3v) is 3.52. The Morgan fingerprint density at radius 1 is 1.40 bits per heavy atom. The van der Waals surface area contributed by atoms with E-state index in [-0.39, 0.29) is 5.91 Å². The molecule has 1 aromatic carbocycles. The van der Waals surface area contributed by atoms with Gasteiger partial charge in [-0.25, -0.2) is 4.79 Å². The summed E-state index contributed by atoms with van der Waals surface area (Å²) in [5.74, 6) is -0.964. The molecule has 0 aliphatic heterocycles. The zero-order valence-corrected chi connectivity index (χ0v) is 11.8. The molecular weight excluding hydrogens is 254 g/mol. The molecule has 1 fully saturated rings. The molecule has 2 rings (SSSR count). The van der Waals surface area contributed by atoms with E-state index in [1.54, 1.807) is 12.1 Å². The molecule has 0 aromatic heterocycles. The summed E-state index contributed by atoms with van der Waals surface area (Å²) in [5, 5.41) is 8.69. The van der Waals surface area contributed by atoms with Gasteiger partial charge < -0.3 is 10.0 Å². The summed E-state index contributed by atoms with van der Waals surface area (Å²) in [5.41, 5.74) is 2.34. The fourth-order valence-electron chi connectivity index (χ4n) is 2.23. The predicted octanol–water partition coefficient (Wildman–Crippen LogP) is 2.72. The first-order chi connectivity index (χ1) is 9.52. The van der Waals surface area contributed by atoms with Crippen LogP contribution in [0.1, 0.15) is 41.3 Å². The van der Waals surface area contributed by atoms with Gasteiger partial charge in [-0.3, -0.25) is 4.79 Å². The van der Waals surface area contributed by atoms with E-state index in [1.165, 1.54) is 6.08 Å². The van der Waals surface area contributed by atoms with E-state index in [1.807, 2.05) is 24.8 Å². The Bertz CT molecular complexity index is 559. The van der Waals surface area contributed by atoms with E-state index in [2.05, 4.69) is 0 Å². The van der Waals surface area contributed by atoms with Crippen LogP contribution >= 0.6 is 0 Å². The van der Waals surface area contributed by atoms with Gasteiger partial charge in [-0.05, 0) is 56.0 Å². The first-order valence-corrected chi connectivity index (χ1v) is 6.85. The molecule has 4 heteroatoms. The molecule has 1 saturated carbocycles. The molecular formula is C16H19NO3. The molecule has 0 unspecified atom stereocenters. The summed E-state index contributed by atoms with van der Waals surface area (Å²) in [4.78, 5) is 24.9. The van der Waals surface area contributed by atoms with Gasteiger partial charge in [0.15, 0.2) is 0 Å². The Labute approximate surface area is 118 Å². The standard InChI is InChI=1S/C16H19NO3/c1-3-17(14-7-8-14)16(20)13-5-4-11(2)12(10-13)6-9-15(18)19/h4-6,9-10,14H,3,7-8H2,1-2H3,(H,18,19)/b9-6+. The van der Waals surface area contributed by atoms with Crippen LogP contribution in [0.15, 0.2) is 24.3 Å². The van der Waals surface area contributed by atoms with Crippen LogP contribution in [0.2, 0.25) is 0 Å². The Balaban J connectivity index is 2.26. The zero-order chi connectivity index (χ0) is 14.7. The van der Waals surface area contributed by atoms with Crippen LogP contribution < -0.4 is 0 Å². The first-order valence-electron chi connectivity index (χ1n) is 6.85. The SMILES string of the molecule is CCN(C(=O)c1ccc(C)c(/C=C/C(=O)O)c1)C1CC1. The van der Waals surface area contributed by atoms with Gasteiger partial charge in [-0.2, -0.15) is 0 Å². The maximum absolute atomic E-state index is 12.4. The molecule has 0 heterocycles. The first kappa shape index (κ1) is 14.3. The van der Waals surface area contributed by atoms with Gasteiger partial charge in [-0.15, -0.1) is 0 Å². The highest BCUT2D eigenvalue weighted by Crippen LogP contribution is 2.28. The van der Waals surface area contributed by atoms with Gasteiger partial charge >= 0.3 is 5.97 Å². The Morgan fingerprint density at radius 2 is 2.10 bits per heavy atom. The lowest BCUT2D eigenvalue weighted by atomic mass is 10.0. The molecule has 1 N–H and O–H groups in total. The molecule has 106 valence electrons. The fraction of sp³-hybridized carbons (Fsp3) is 0.375. The molecule has 1 amide bonds. The van der Waals surface area contributed by atoms with Crippen molar-refractivity contribution in [3.63, 3.8) is 0 Å². The van der Waals surface area contributed by atoms with Crippen LogP contribution in [-0.4, -0.2) is 34.5 Å². The molecule has 4 nitrogen and oxygen atoms in total. The third-order valence-electron chi connectivity index (χ3n) is 3.52. The number of nitrogens with zero attached hydrogens (tertiary/aromatic N) is 1. The van der Waals surface area contributed by atoms with Crippen LogP contribution in [-0.2, 0) is 4.79 Å². The summed E-state index contributed by atoms with van der Waals surface area (Å²) in [6.45, 7) is 4.58. The number of aliphatic carboxylic acids is 1. The van der Waals surface area contributed by atoms with Crippen molar-refractivity contribution in [1.82, 2.24) is 4.90 Å². The average molecular weight is 273 g/mol. The second kappa shape index (κ2) is 5.90. The molecule has 20 heavy (non-hydrogen) atoms. The molecule has 0 bridgehead atoms. The van der Waals surface area contributed by atoms with Crippen molar-refractivity contribution in [2.75, 3.05) is 6.54 Å². The van der Waals surface area contributed by atoms with Crippen LogP contribution in [0.4, 0.5) is 0 Å². The highest BCUT2D eigenvalue weighted by Gasteiger charge is 2.31. The van der Waals surface area contributed by atoms with Crippen molar-refractivity contribution in [2.24, 2.45) is 0 Å². The maximum atomic E-state index is 12.4. The summed E-state index contributed by atoms with van der Waals surface area (Å²) in [6, 6.07) is 5.81. The summed E-state index contributed by atoms with van der Waals surface area (Å²) >= 11 is 0. The van der Waals surface area contributed by atoms with Gasteiger partial charge in [0.1, 0.15) is 0 Å². The van der Waals surface area contributed by atoms with Crippen molar-refractivity contribution in [3.8, 4) is 0 Å². The minimum absolute atomic E-state index is 0.0278. The lowest BCUT2D eigenvalue weighted by Crippen LogP contribution is -2.32. The number of benzene rings is 1. The molecule has 0 atom stereocenters. The second-order valence-electron chi connectivity index (χ2n) is 5.07. The number of carboxylic acids is 1. The smallest absolute Gasteiger partial charge is 0.328 e. The highest BCUT2D eigenvalue weighted by atomic mass is 16.4. The summed E-state index contributed by atoms with van der Waals surface area (Å²) in [6.07, 6.45) is 4.78. The van der Waals surface area contributed by atoms with Gasteiger partial charge in [0.05, 0.1) is 0 Å². The van der Waals surface area contributed by atoms with Crippen molar-refractivity contribution in [3.05, 3.63) is 41.0 Å². The Kier molecular flexibility index (Phi) is 4.23. The zero-order valence-electron chi connectivity index (χ0n) is 11.8. The molecule has 0 spiro atoms. The Morgan fingerprint density at radius 3 is 2.65 bits per heavy atom. The average Bonchev–Trinajstić information content (AvgIpc) is 3.23. The number of hydrogen-bond donors (Lipinski definition) is 1. The van der Waals surface area contributed by atoms with Crippen molar-refractivity contribution in [1.29, 1.82) is 0 Å². The van der Waals surface area contributed by atoms with E-state index in [9.17, 15) is 9.59 Å². The van der Waals surface area contributed by atoms with Gasteiger partial charge in [0.25, 0.3) is 5.91 Å². The number of carbonyl (C=O) groups is 2. The van der Waals surface area contributed by atoms with Gasteiger partial charge in [0, 0.05) is 24.2 Å². The molecule has 0 radical (unpaired) electrons. The minimum atomic E-state index is -0.991. The van der Waals surface area contributed by atoms with E-state index >= 15 is 0 Å². The predicted molar refractivity (Wildman–Crippen MR) is 77.6 cm³/mol. The van der Waals surface area contributed by atoms with Gasteiger partial charge in [-0.1, -0.05) is 6.07 Å². The number of rotatable bonds is 5. The third kappa shape index (κ3) is 3.26. The van der Waals surface area contributed by atoms with E-state index in [0.717, 1.165) is 30.0 Å². The van der Waals surface area contributed by atoms with Crippen LogP contribution in [0, 0.1) is 6.92 Å². The van der Waals surface area contributed by atoms with E-state index < -0.39 is 5.97 Å². The summed E-state index contributed by atoms with van der Waals surface area (Å²) < 4.78 is 0. The van der Waals surface area contributed by atoms with Crippen LogP contribution in [0.3, 0.4) is 0 Å². The normalized spacial score (nSPS) is 14.5. The quantitative estimate of drug-likeness (QED) is 0.839. The topological polar surface area (TPSA) is 57.6 Å². The van der Waals surface area contributed by atoms with E-state index in [0.29, 0.717) is 18.2 Å². The monoisotopic (exact) mass is 273 g/mol. The van der Waals surface area contributed by atoms with Gasteiger partial charge in [0.2, 0.25) is 0 Å². The van der Waals surface area contributed by atoms with Crippen molar-refractivity contribution < 1.29 is 14.7 Å². The van der Waals surface area contributed by atoms with Crippen LogP contribution in [0.25, 0.3) is 6.08 Å². The Hall–Kier alpha value is -2.10. The lowest BCUT2D eigenvalue weighted by molar-refractivity contribution is -0.131. The largest absolute Gasteiger partial charge is 0.478 e. The number of aryl methyl sites for hydroxylation is 1. The van der Waals surface area contributed by atoms with E-state index in [4.69, 9.17) is 5.11 Å². The minimum Gasteiger partial charge on any atom is -0.478 e. The lowest BCUT2D eigenvalue weighted by Gasteiger charge is -2.20. The number of amides is 1. The molecule has 1 aliphatic carbocycles. The highest BCUT2D eigenvalue weighted by molar-refractivity contribution is 5.95. The number of hydrogen-bond acceptors (Lipinski definition) is 2. The second-order valence-corrected chi connectivity index (χ2v) is 5.07. The molecule has 0 saturated heterocycles. The summed E-state index contributed by atoms with van der Waals surface area (Å²) in [7, 11) is 0. The number of carboxylic acid groups (broad SMARTS) is 1. The number of carbonyl (C=O) groups excluding carboxylic acids is 1. The molecule has 1 aromatic rings. The van der Waals surface area contributed by atoms with Crippen molar-refractivity contribution >= 4 is 18.0 Å². The van der Waals surface area contributed by atoms with Crippen molar-refractivity contribution in [2.45, 2.75) is 32.7 Å². The van der Waals surface area contributed by atoms with Crippen LogP contribution in [0.5, 0.6) is 0 Å².